The van der Waals surface area contributed by atoms with Gasteiger partial charge in [-0.2, -0.15) is 5.10 Å². The van der Waals surface area contributed by atoms with E-state index in [0.717, 1.165) is 43.5 Å². The summed E-state index contributed by atoms with van der Waals surface area (Å²) in [6.45, 7) is 10.7. The number of aliphatic hydroxyl groups is 1. The molecule has 23 heavy (non-hydrogen) atoms. The molecule has 0 fully saturated rings. The van der Waals surface area contributed by atoms with Crippen molar-refractivity contribution in [3.05, 3.63) is 11.6 Å². The Labute approximate surface area is 138 Å². The van der Waals surface area contributed by atoms with Crippen molar-refractivity contribution < 1.29 is 5.11 Å². The highest BCUT2D eigenvalue weighted by atomic mass is 16.3. The Morgan fingerprint density at radius 1 is 1.43 bits per heavy atom. The molecule has 1 aliphatic heterocycles. The minimum absolute atomic E-state index is 0.159. The summed E-state index contributed by atoms with van der Waals surface area (Å²) in [5, 5.41) is 20.5. The molecule has 1 aliphatic rings. The summed E-state index contributed by atoms with van der Waals surface area (Å²) in [6, 6.07) is 0.298. The zero-order chi connectivity index (χ0) is 16.8. The van der Waals surface area contributed by atoms with Crippen molar-refractivity contribution in [2.75, 3.05) is 19.7 Å². The van der Waals surface area contributed by atoms with Crippen molar-refractivity contribution in [2.45, 2.75) is 59.0 Å². The third kappa shape index (κ3) is 4.92. The summed E-state index contributed by atoms with van der Waals surface area (Å²) in [7, 11) is 0. The molecule has 1 aromatic rings. The molecule has 2 rings (SSSR count). The molecular weight excluding hydrogens is 292 g/mol. The second kappa shape index (κ2) is 8.29. The molecule has 0 spiro atoms. The number of nitrogens with zero attached hydrogens (tertiary/aromatic N) is 4. The fourth-order valence-electron chi connectivity index (χ4n) is 2.51. The Kier molecular flexibility index (Phi) is 6.38. The Bertz CT molecular complexity index is 525. The fraction of sp³-hybridized carbons (Fsp3) is 0.812. The Morgan fingerprint density at radius 2 is 2.22 bits per heavy atom. The van der Waals surface area contributed by atoms with E-state index in [-0.39, 0.29) is 12.5 Å². The molecule has 7 nitrogen and oxygen atoms in total. The second-order valence-electron chi connectivity index (χ2n) is 6.61. The van der Waals surface area contributed by atoms with Gasteiger partial charge in [0.05, 0.1) is 6.54 Å². The van der Waals surface area contributed by atoms with Gasteiger partial charge in [0.2, 0.25) is 0 Å². The first kappa shape index (κ1) is 17.7. The number of fused-ring (bicyclic) bond motifs is 1. The van der Waals surface area contributed by atoms with Gasteiger partial charge in [0, 0.05) is 38.1 Å². The van der Waals surface area contributed by atoms with Crippen LogP contribution in [0.1, 0.15) is 51.7 Å². The molecule has 3 N–H and O–H groups in total. The average Bonchev–Trinajstić information content (AvgIpc) is 2.96. The van der Waals surface area contributed by atoms with Crippen LogP contribution >= 0.6 is 0 Å². The smallest absolute Gasteiger partial charge is 0.191 e. The molecule has 2 unspecified atom stereocenters. The van der Waals surface area contributed by atoms with E-state index in [0.29, 0.717) is 18.5 Å². The monoisotopic (exact) mass is 322 g/mol. The minimum Gasteiger partial charge on any atom is -0.396 e. The molecule has 0 aliphatic carbocycles. The summed E-state index contributed by atoms with van der Waals surface area (Å²) in [6.07, 6.45) is 1.96. The molecule has 0 radical (unpaired) electrons. The fourth-order valence-corrected chi connectivity index (χ4v) is 2.51. The van der Waals surface area contributed by atoms with E-state index in [2.05, 4.69) is 46.5 Å². The summed E-state index contributed by atoms with van der Waals surface area (Å²) in [4.78, 5) is 9.18. The number of aliphatic imine (C=N–C) groups is 1. The van der Waals surface area contributed by atoms with Gasteiger partial charge in [0.15, 0.2) is 11.8 Å². The highest BCUT2D eigenvalue weighted by Crippen LogP contribution is 2.16. The molecule has 7 heteroatoms. The van der Waals surface area contributed by atoms with Crippen LogP contribution in [0.15, 0.2) is 4.99 Å². The highest BCUT2D eigenvalue weighted by Gasteiger charge is 2.23. The molecule has 0 saturated heterocycles. The number of aromatic nitrogens is 3. The topological polar surface area (TPSA) is 87.4 Å². The number of aliphatic hydroxyl groups excluding tert-OH is 1. The predicted molar refractivity (Wildman–Crippen MR) is 91.6 cm³/mol. The molecule has 1 aromatic heterocycles. The minimum atomic E-state index is 0.159. The van der Waals surface area contributed by atoms with Crippen LogP contribution in [0.4, 0.5) is 0 Å². The third-order valence-corrected chi connectivity index (χ3v) is 3.95. The van der Waals surface area contributed by atoms with Crippen LogP contribution in [0.5, 0.6) is 0 Å². The molecule has 0 bridgehead atoms. The zero-order valence-corrected chi connectivity index (χ0v) is 14.7. The number of hydrogen-bond donors (Lipinski definition) is 3. The van der Waals surface area contributed by atoms with E-state index in [1.165, 1.54) is 0 Å². The lowest BCUT2D eigenvalue weighted by Gasteiger charge is -2.25. The highest BCUT2D eigenvalue weighted by molar-refractivity contribution is 5.80. The quantitative estimate of drug-likeness (QED) is 0.535. The predicted octanol–water partition coefficient (Wildman–Crippen LogP) is 0.900. The summed E-state index contributed by atoms with van der Waals surface area (Å²) >= 11 is 0. The molecule has 0 saturated carbocycles. The number of aryl methyl sites for hydroxylation is 1. The number of guanidine groups is 1. The summed E-state index contributed by atoms with van der Waals surface area (Å²) in [5.74, 6) is 3.36. The van der Waals surface area contributed by atoms with Gasteiger partial charge in [-0.1, -0.05) is 20.8 Å². The summed E-state index contributed by atoms with van der Waals surface area (Å²) < 4.78 is 2.02. The maximum absolute atomic E-state index is 9.13. The van der Waals surface area contributed by atoms with Crippen molar-refractivity contribution in [1.82, 2.24) is 25.4 Å². The van der Waals surface area contributed by atoms with Gasteiger partial charge >= 0.3 is 0 Å². The maximum atomic E-state index is 9.13. The van der Waals surface area contributed by atoms with E-state index < -0.39 is 0 Å². The molecule has 2 atom stereocenters. The Hall–Kier alpha value is -1.63. The van der Waals surface area contributed by atoms with Gasteiger partial charge in [0.25, 0.3) is 0 Å². The average molecular weight is 322 g/mol. The lowest BCUT2D eigenvalue weighted by atomic mass is 10.1. The van der Waals surface area contributed by atoms with Crippen molar-refractivity contribution in [3.8, 4) is 0 Å². The van der Waals surface area contributed by atoms with E-state index >= 15 is 0 Å². The van der Waals surface area contributed by atoms with Crippen molar-refractivity contribution >= 4 is 5.96 Å². The van der Waals surface area contributed by atoms with Gasteiger partial charge in [-0.3, -0.25) is 4.99 Å². The lowest BCUT2D eigenvalue weighted by molar-refractivity contribution is 0.241. The molecule has 0 aromatic carbocycles. The molecular formula is C16H30N6O. The van der Waals surface area contributed by atoms with Crippen LogP contribution in [-0.2, 0) is 13.0 Å². The van der Waals surface area contributed by atoms with Crippen LogP contribution in [-0.4, -0.2) is 51.6 Å². The summed E-state index contributed by atoms with van der Waals surface area (Å²) in [5.41, 5.74) is 0. The molecule has 0 amide bonds. The van der Waals surface area contributed by atoms with Gasteiger partial charge in [0.1, 0.15) is 5.82 Å². The Morgan fingerprint density at radius 3 is 2.87 bits per heavy atom. The van der Waals surface area contributed by atoms with Gasteiger partial charge in [-0.25, -0.2) is 9.67 Å². The molecule has 130 valence electrons. The van der Waals surface area contributed by atoms with Crippen molar-refractivity contribution in [3.63, 3.8) is 0 Å². The zero-order valence-electron chi connectivity index (χ0n) is 14.7. The van der Waals surface area contributed by atoms with Gasteiger partial charge in [-0.15, -0.1) is 0 Å². The van der Waals surface area contributed by atoms with Crippen molar-refractivity contribution in [2.24, 2.45) is 10.9 Å². The van der Waals surface area contributed by atoms with E-state index in [1.54, 1.807) is 0 Å². The van der Waals surface area contributed by atoms with E-state index in [4.69, 9.17) is 5.11 Å². The third-order valence-electron chi connectivity index (χ3n) is 3.95. The second-order valence-corrected chi connectivity index (χ2v) is 6.61. The first-order valence-corrected chi connectivity index (χ1v) is 8.62. The van der Waals surface area contributed by atoms with Crippen LogP contribution in [0, 0.1) is 5.92 Å². The van der Waals surface area contributed by atoms with E-state index in [1.807, 2.05) is 11.6 Å². The van der Waals surface area contributed by atoms with Crippen molar-refractivity contribution in [1.29, 1.82) is 0 Å². The SMILES string of the molecule is CCNC(=NCC(C)CO)NC1CCc2nc(C(C)C)nn2C1. The van der Waals surface area contributed by atoms with Crippen LogP contribution in [0.2, 0.25) is 0 Å². The first-order valence-electron chi connectivity index (χ1n) is 8.62. The Balaban J connectivity index is 1.98. The van der Waals surface area contributed by atoms with Gasteiger partial charge < -0.3 is 15.7 Å². The largest absolute Gasteiger partial charge is 0.396 e. The van der Waals surface area contributed by atoms with E-state index in [9.17, 15) is 0 Å². The van der Waals surface area contributed by atoms with Crippen LogP contribution < -0.4 is 10.6 Å². The van der Waals surface area contributed by atoms with Crippen LogP contribution in [0.25, 0.3) is 0 Å². The first-order chi connectivity index (χ1) is 11.0. The number of nitrogens with one attached hydrogen (secondary N) is 2. The lowest BCUT2D eigenvalue weighted by Crippen LogP contribution is -2.47. The standard InChI is InChI=1S/C16H30N6O/c1-5-17-16(18-8-12(4)10-23)19-13-6-7-14-20-15(11(2)3)21-22(14)9-13/h11-13,23H,5-10H2,1-4H3,(H2,17,18,19). The molecule has 2 heterocycles. The maximum Gasteiger partial charge on any atom is 0.191 e. The number of rotatable bonds is 6. The number of hydrogen-bond acceptors (Lipinski definition) is 4. The normalized spacial score (nSPS) is 19.6. The van der Waals surface area contributed by atoms with Crippen LogP contribution in [0.3, 0.4) is 0 Å². The van der Waals surface area contributed by atoms with Gasteiger partial charge in [-0.05, 0) is 19.3 Å².